The lowest BCUT2D eigenvalue weighted by Crippen LogP contribution is -2.54. The van der Waals surface area contributed by atoms with Crippen LogP contribution in [0.15, 0.2) is 18.2 Å². The van der Waals surface area contributed by atoms with Crippen LogP contribution in [0, 0.1) is 5.82 Å². The molecule has 0 bridgehead atoms. The number of benzene rings is 1. The highest BCUT2D eigenvalue weighted by atomic mass is 19.4. The van der Waals surface area contributed by atoms with Crippen LogP contribution in [-0.2, 0) is 22.6 Å². The number of anilines is 1. The van der Waals surface area contributed by atoms with Crippen LogP contribution in [-0.4, -0.2) is 43.0 Å². The lowest BCUT2D eigenvalue weighted by molar-refractivity contribution is -0.0584. The third-order valence-electron chi connectivity index (χ3n) is 5.67. The van der Waals surface area contributed by atoms with Crippen LogP contribution < -0.4 is 10.6 Å². The molecule has 2 N–H and O–H groups in total. The molecule has 168 valence electrons. The largest absolute Gasteiger partial charge is 0.379 e. The number of hydrogen-bond donors (Lipinski definition) is 1. The van der Waals surface area contributed by atoms with Crippen molar-refractivity contribution in [2.24, 2.45) is 5.73 Å². The molecule has 1 aromatic heterocycles. The molecule has 0 spiro atoms. The molecule has 2 saturated heterocycles. The van der Waals surface area contributed by atoms with Crippen LogP contribution in [0.1, 0.15) is 29.7 Å². The summed E-state index contributed by atoms with van der Waals surface area (Å²) in [7, 11) is 0. The molecule has 1 aliphatic carbocycles. The molecule has 2 fully saturated rings. The second-order valence-electron chi connectivity index (χ2n) is 7.84. The van der Waals surface area contributed by atoms with Gasteiger partial charge in [-0.2, -0.15) is 22.0 Å². The van der Waals surface area contributed by atoms with Crippen molar-refractivity contribution in [3.05, 3.63) is 40.8 Å². The summed E-state index contributed by atoms with van der Waals surface area (Å²) in [6, 6.07) is 4.64. The van der Waals surface area contributed by atoms with Gasteiger partial charge in [0, 0.05) is 36.2 Å². The molecule has 2 aliphatic heterocycles. The third kappa shape index (κ3) is 4.08. The number of nitrogens with zero attached hydrogens (tertiary/aromatic N) is 3. The minimum Gasteiger partial charge on any atom is -0.377 e. The average molecular weight is 446 g/mol. The van der Waals surface area contributed by atoms with E-state index in [-0.39, 0.29) is 31.7 Å². The second-order valence-corrected chi connectivity index (χ2v) is 7.84. The molecule has 0 saturated carbocycles. The molecule has 0 unspecified atom stereocenters. The fourth-order valence-corrected chi connectivity index (χ4v) is 3.85. The van der Waals surface area contributed by atoms with Crippen molar-refractivity contribution in [2.45, 2.75) is 37.4 Å². The minimum atomic E-state index is -3.67. The van der Waals surface area contributed by atoms with Crippen molar-refractivity contribution in [3.63, 3.8) is 0 Å². The van der Waals surface area contributed by atoms with Gasteiger partial charge >= 0.3 is 6.68 Å². The van der Waals surface area contributed by atoms with Crippen LogP contribution in [0.3, 0.4) is 0 Å². The van der Waals surface area contributed by atoms with E-state index in [0.29, 0.717) is 28.3 Å². The Bertz CT molecular complexity index is 976. The summed E-state index contributed by atoms with van der Waals surface area (Å²) in [6.07, 6.45) is 0.864. The summed E-state index contributed by atoms with van der Waals surface area (Å²) < 4.78 is 77.5. The van der Waals surface area contributed by atoms with Crippen LogP contribution in [0.4, 0.5) is 32.3 Å². The van der Waals surface area contributed by atoms with Crippen LogP contribution in [0.5, 0.6) is 0 Å². The van der Waals surface area contributed by atoms with Gasteiger partial charge in [-0.25, -0.2) is 14.4 Å². The monoisotopic (exact) mass is 446 g/mol. The maximum absolute atomic E-state index is 14.8. The number of aromatic nitrogens is 2. The molecule has 5 rings (SSSR count). The molecular formula is C20H20F6N4O. The quantitative estimate of drug-likeness (QED) is 0.725. The predicted octanol–water partition coefficient (Wildman–Crippen LogP) is 3.89. The molecule has 0 radical (unpaired) electrons. The first kappa shape index (κ1) is 21.8. The smallest absolute Gasteiger partial charge is 0.377 e. The first-order valence-corrected chi connectivity index (χ1v) is 9.74. The summed E-state index contributed by atoms with van der Waals surface area (Å²) in [5.41, 5.74) is 6.72. The zero-order valence-corrected chi connectivity index (χ0v) is 16.4. The summed E-state index contributed by atoms with van der Waals surface area (Å²) in [5.74, 6) is -3.15. The lowest BCUT2D eigenvalue weighted by Gasteiger charge is -2.38. The molecule has 0 amide bonds. The Morgan fingerprint density at radius 3 is 2.29 bits per heavy atom. The Morgan fingerprint density at radius 2 is 1.77 bits per heavy atom. The van der Waals surface area contributed by atoms with E-state index in [1.54, 1.807) is 12.1 Å². The molecule has 31 heavy (non-hydrogen) atoms. The highest BCUT2D eigenvalue weighted by Gasteiger charge is 2.44. The van der Waals surface area contributed by atoms with E-state index in [0.717, 1.165) is 19.5 Å². The van der Waals surface area contributed by atoms with Gasteiger partial charge in [-0.05, 0) is 18.9 Å². The predicted molar refractivity (Wildman–Crippen MR) is 100 cm³/mol. The molecule has 11 heteroatoms. The van der Waals surface area contributed by atoms with E-state index in [2.05, 4.69) is 9.97 Å². The van der Waals surface area contributed by atoms with Gasteiger partial charge < -0.3 is 15.4 Å². The maximum atomic E-state index is 14.8. The number of alkyl halides is 5. The molecule has 2 aromatic rings. The van der Waals surface area contributed by atoms with Crippen molar-refractivity contribution in [2.75, 3.05) is 31.2 Å². The standard InChI is InChI=1S/C19H19F3N4O.CHF3/c20-14-8-11(2-3-13(14)18(23)9-27-10-18)15-12-4-5-19(21,22)16(12)25-17(24-15)26-6-1-7-26;2-1(3)4/h2-3,8H,1,4-7,9-10,23H2;1H. The van der Waals surface area contributed by atoms with E-state index in [1.165, 1.54) is 6.07 Å². The van der Waals surface area contributed by atoms with E-state index < -0.39 is 24.0 Å². The highest BCUT2D eigenvalue weighted by Crippen LogP contribution is 2.45. The van der Waals surface area contributed by atoms with Crippen LogP contribution in [0.2, 0.25) is 0 Å². The Kier molecular flexibility index (Phi) is 5.59. The van der Waals surface area contributed by atoms with Crippen LogP contribution >= 0.6 is 0 Å². The number of halogens is 6. The normalized spacial score (nSPS) is 20.5. The number of nitrogens with two attached hydrogens (primary N) is 1. The highest BCUT2D eigenvalue weighted by molar-refractivity contribution is 5.68. The van der Waals surface area contributed by atoms with Crippen molar-refractivity contribution in [1.82, 2.24) is 9.97 Å². The maximum Gasteiger partial charge on any atom is 0.379 e. The van der Waals surface area contributed by atoms with Crippen molar-refractivity contribution in [1.29, 1.82) is 0 Å². The minimum absolute atomic E-state index is 0.177. The molecule has 5 nitrogen and oxygen atoms in total. The first-order chi connectivity index (χ1) is 14.6. The summed E-state index contributed by atoms with van der Waals surface area (Å²) in [5, 5.41) is 0. The van der Waals surface area contributed by atoms with Crippen LogP contribution in [0.25, 0.3) is 11.3 Å². The van der Waals surface area contributed by atoms with Gasteiger partial charge in [0.15, 0.2) is 0 Å². The van der Waals surface area contributed by atoms with E-state index in [4.69, 9.17) is 10.5 Å². The van der Waals surface area contributed by atoms with Gasteiger partial charge in [-0.15, -0.1) is 0 Å². The topological polar surface area (TPSA) is 64.3 Å². The van der Waals surface area contributed by atoms with Gasteiger partial charge in [0.1, 0.15) is 11.5 Å². The van der Waals surface area contributed by atoms with E-state index in [1.807, 2.05) is 4.90 Å². The third-order valence-corrected chi connectivity index (χ3v) is 5.67. The second kappa shape index (κ2) is 7.94. The van der Waals surface area contributed by atoms with Crippen molar-refractivity contribution in [3.8, 4) is 11.3 Å². The number of ether oxygens (including phenoxy) is 1. The van der Waals surface area contributed by atoms with Crippen molar-refractivity contribution < 1.29 is 31.1 Å². The van der Waals surface area contributed by atoms with E-state index in [9.17, 15) is 26.3 Å². The van der Waals surface area contributed by atoms with Gasteiger partial charge in [0.2, 0.25) is 5.95 Å². The average Bonchev–Trinajstić information content (AvgIpc) is 2.92. The number of fused-ring (bicyclic) bond motifs is 1. The van der Waals surface area contributed by atoms with Gasteiger partial charge in [-0.1, -0.05) is 12.1 Å². The Balaban J connectivity index is 0.000000535. The Morgan fingerprint density at radius 1 is 1.10 bits per heavy atom. The van der Waals surface area contributed by atoms with Gasteiger partial charge in [-0.3, -0.25) is 0 Å². The van der Waals surface area contributed by atoms with Gasteiger partial charge in [0.25, 0.3) is 5.92 Å². The van der Waals surface area contributed by atoms with Gasteiger partial charge in [0.05, 0.1) is 24.4 Å². The fourth-order valence-electron chi connectivity index (χ4n) is 3.85. The summed E-state index contributed by atoms with van der Waals surface area (Å²) >= 11 is 0. The molecule has 3 aliphatic rings. The Hall–Kier alpha value is -2.40. The Labute approximate surface area is 174 Å². The molecule has 3 heterocycles. The number of hydrogen-bond acceptors (Lipinski definition) is 5. The van der Waals surface area contributed by atoms with Crippen molar-refractivity contribution >= 4 is 5.95 Å². The zero-order chi connectivity index (χ0) is 22.4. The summed E-state index contributed by atoms with van der Waals surface area (Å²) in [4.78, 5) is 10.5. The first-order valence-electron chi connectivity index (χ1n) is 9.74. The summed E-state index contributed by atoms with van der Waals surface area (Å²) in [6.45, 7) is -1.66. The molecular weight excluding hydrogens is 426 g/mol. The lowest BCUT2D eigenvalue weighted by atomic mass is 9.87. The SMILES string of the molecule is FC(F)F.NC1(c2ccc(-c3nc(N4CCC4)nc4c3CCC4(F)F)cc2F)COC1. The zero-order valence-electron chi connectivity index (χ0n) is 16.4. The fraction of sp³-hybridized carbons (Fsp3) is 0.500. The molecule has 0 atom stereocenters. The van der Waals surface area contributed by atoms with E-state index >= 15 is 0 Å². The molecule has 1 aromatic carbocycles. The number of rotatable bonds is 3.